The van der Waals surface area contributed by atoms with Crippen LogP contribution in [0.15, 0.2) is 0 Å². The Morgan fingerprint density at radius 3 is 2.36 bits per heavy atom. The van der Waals surface area contributed by atoms with E-state index in [0.717, 1.165) is 0 Å². The molecule has 0 saturated carbocycles. The number of aliphatic hydroxyl groups is 2. The minimum absolute atomic E-state index is 0.301. The lowest BCUT2D eigenvalue weighted by atomic mass is 10.1. The minimum atomic E-state index is -0.815. The van der Waals surface area contributed by atoms with Crippen molar-refractivity contribution < 1.29 is 19.7 Å². The van der Waals surface area contributed by atoms with Gasteiger partial charge in [-0.25, -0.2) is 0 Å². The summed E-state index contributed by atoms with van der Waals surface area (Å²) in [7, 11) is 1.53. The van der Waals surface area contributed by atoms with Crippen molar-refractivity contribution >= 4 is 0 Å². The zero-order valence-electron chi connectivity index (χ0n) is 6.73. The Hall–Kier alpha value is -0.160. The van der Waals surface area contributed by atoms with Crippen LogP contribution in [-0.2, 0) is 9.47 Å². The highest BCUT2D eigenvalue weighted by molar-refractivity contribution is 4.87. The van der Waals surface area contributed by atoms with E-state index in [1.807, 2.05) is 0 Å². The van der Waals surface area contributed by atoms with E-state index >= 15 is 0 Å². The Morgan fingerprint density at radius 2 is 2.00 bits per heavy atom. The number of ether oxygens (including phenoxy) is 2. The Bertz CT molecular complexity index is 128. The molecule has 0 bridgehead atoms. The molecule has 1 aliphatic rings. The maximum Gasteiger partial charge on any atom is 0.111 e. The van der Waals surface area contributed by atoms with E-state index in [-0.39, 0.29) is 12.2 Å². The molecule has 0 aromatic carbocycles. The van der Waals surface area contributed by atoms with E-state index in [1.54, 1.807) is 6.92 Å². The molecule has 1 rings (SSSR count). The Balaban J connectivity index is 2.45. The molecule has 1 unspecified atom stereocenters. The highest BCUT2D eigenvalue weighted by Gasteiger charge is 2.39. The van der Waals surface area contributed by atoms with E-state index in [2.05, 4.69) is 0 Å². The van der Waals surface area contributed by atoms with Gasteiger partial charge in [-0.2, -0.15) is 0 Å². The first kappa shape index (κ1) is 8.93. The van der Waals surface area contributed by atoms with Gasteiger partial charge in [0.1, 0.15) is 18.3 Å². The fourth-order valence-corrected chi connectivity index (χ4v) is 1.24. The van der Waals surface area contributed by atoms with Gasteiger partial charge in [0.05, 0.1) is 12.7 Å². The van der Waals surface area contributed by atoms with Crippen molar-refractivity contribution in [1.29, 1.82) is 0 Å². The van der Waals surface area contributed by atoms with Crippen LogP contribution in [0, 0.1) is 0 Å². The molecule has 0 radical (unpaired) electrons. The zero-order valence-corrected chi connectivity index (χ0v) is 6.73. The molecule has 11 heavy (non-hydrogen) atoms. The number of methoxy groups -OCH3 is 1. The summed E-state index contributed by atoms with van der Waals surface area (Å²) < 4.78 is 10.00. The van der Waals surface area contributed by atoms with Crippen LogP contribution in [0.5, 0.6) is 0 Å². The van der Waals surface area contributed by atoms with Crippen molar-refractivity contribution in [3.63, 3.8) is 0 Å². The molecule has 0 spiro atoms. The fraction of sp³-hybridized carbons (Fsp3) is 1.00. The smallest absolute Gasteiger partial charge is 0.111 e. The van der Waals surface area contributed by atoms with E-state index in [1.165, 1.54) is 7.11 Å². The molecule has 0 aromatic heterocycles. The molecule has 1 fully saturated rings. The molecule has 66 valence electrons. The lowest BCUT2D eigenvalue weighted by Crippen LogP contribution is -2.33. The van der Waals surface area contributed by atoms with E-state index in [0.29, 0.717) is 6.61 Å². The van der Waals surface area contributed by atoms with Crippen molar-refractivity contribution in [2.45, 2.75) is 31.3 Å². The van der Waals surface area contributed by atoms with Crippen LogP contribution in [0.4, 0.5) is 0 Å². The first-order valence-corrected chi connectivity index (χ1v) is 3.67. The maximum absolute atomic E-state index is 9.30. The third-order valence-corrected chi connectivity index (χ3v) is 1.93. The van der Waals surface area contributed by atoms with Crippen molar-refractivity contribution in [2.24, 2.45) is 0 Å². The summed E-state index contributed by atoms with van der Waals surface area (Å²) in [6, 6.07) is 0. The van der Waals surface area contributed by atoms with Gasteiger partial charge < -0.3 is 19.7 Å². The quantitative estimate of drug-likeness (QED) is 0.555. The third-order valence-electron chi connectivity index (χ3n) is 1.93. The molecular weight excluding hydrogens is 148 g/mol. The van der Waals surface area contributed by atoms with Crippen LogP contribution >= 0.6 is 0 Å². The first-order chi connectivity index (χ1) is 5.16. The lowest BCUT2D eigenvalue weighted by molar-refractivity contribution is -0.0290. The molecule has 1 aliphatic heterocycles. The monoisotopic (exact) mass is 162 g/mol. The summed E-state index contributed by atoms with van der Waals surface area (Å²) in [5, 5.41) is 18.5. The predicted molar refractivity (Wildman–Crippen MR) is 38.2 cm³/mol. The second kappa shape index (κ2) is 3.49. The minimum Gasteiger partial charge on any atom is -0.388 e. The summed E-state index contributed by atoms with van der Waals surface area (Å²) in [6.45, 7) is 2.05. The molecule has 0 aliphatic carbocycles. The number of rotatable bonds is 2. The van der Waals surface area contributed by atoms with Gasteiger partial charge in [-0.3, -0.25) is 0 Å². The molecule has 4 atom stereocenters. The molecule has 0 amide bonds. The van der Waals surface area contributed by atoms with Crippen molar-refractivity contribution in [3.8, 4) is 0 Å². The van der Waals surface area contributed by atoms with Crippen LogP contribution in [0.3, 0.4) is 0 Å². The normalized spacial score (nSPS) is 44.7. The number of hydrogen-bond acceptors (Lipinski definition) is 4. The maximum atomic E-state index is 9.30. The van der Waals surface area contributed by atoms with Crippen molar-refractivity contribution in [1.82, 2.24) is 0 Å². The van der Waals surface area contributed by atoms with Crippen molar-refractivity contribution in [3.05, 3.63) is 0 Å². The van der Waals surface area contributed by atoms with Gasteiger partial charge in [-0.1, -0.05) is 0 Å². The molecular formula is C7H14O4. The molecule has 1 saturated heterocycles. The van der Waals surface area contributed by atoms with Gasteiger partial charge in [0.25, 0.3) is 0 Å². The van der Waals surface area contributed by atoms with Gasteiger partial charge in [0.2, 0.25) is 0 Å². The number of hydrogen-bond donors (Lipinski definition) is 2. The zero-order chi connectivity index (χ0) is 8.43. The van der Waals surface area contributed by atoms with E-state index in [4.69, 9.17) is 9.47 Å². The van der Waals surface area contributed by atoms with Gasteiger partial charge in [-0.15, -0.1) is 0 Å². The van der Waals surface area contributed by atoms with E-state index in [9.17, 15) is 10.2 Å². The predicted octanol–water partition coefficient (Wildman–Crippen LogP) is -0.858. The highest BCUT2D eigenvalue weighted by Crippen LogP contribution is 2.20. The summed E-state index contributed by atoms with van der Waals surface area (Å²) >= 11 is 0. The van der Waals surface area contributed by atoms with E-state index < -0.39 is 12.2 Å². The Labute approximate surface area is 65.7 Å². The van der Waals surface area contributed by atoms with Gasteiger partial charge in [-0.05, 0) is 6.92 Å². The van der Waals surface area contributed by atoms with Crippen LogP contribution in [0.25, 0.3) is 0 Å². The topological polar surface area (TPSA) is 58.9 Å². The Morgan fingerprint density at radius 1 is 1.36 bits per heavy atom. The average molecular weight is 162 g/mol. The van der Waals surface area contributed by atoms with Gasteiger partial charge in [0, 0.05) is 7.11 Å². The second-order valence-electron chi connectivity index (χ2n) is 2.82. The SMILES string of the molecule is COC[C@H]1OC(C)[C@@H](O)[C@H]1O. The molecule has 4 heteroatoms. The highest BCUT2D eigenvalue weighted by atomic mass is 16.6. The third kappa shape index (κ3) is 1.70. The lowest BCUT2D eigenvalue weighted by Gasteiger charge is -2.12. The summed E-state index contributed by atoms with van der Waals surface area (Å²) in [5.41, 5.74) is 0. The van der Waals surface area contributed by atoms with Gasteiger partial charge in [0.15, 0.2) is 0 Å². The Kier molecular flexibility index (Phi) is 2.84. The van der Waals surface area contributed by atoms with Crippen LogP contribution in [0.1, 0.15) is 6.92 Å². The van der Waals surface area contributed by atoms with Crippen LogP contribution < -0.4 is 0 Å². The van der Waals surface area contributed by atoms with Gasteiger partial charge >= 0.3 is 0 Å². The molecule has 1 heterocycles. The second-order valence-corrected chi connectivity index (χ2v) is 2.82. The standard InChI is InChI=1S/C7H14O4/c1-4-6(8)7(9)5(11-4)3-10-2/h4-9H,3H2,1-2H3/t4?,5-,6-,7+/m1/s1. The first-order valence-electron chi connectivity index (χ1n) is 3.67. The average Bonchev–Trinajstić information content (AvgIpc) is 2.19. The summed E-state index contributed by atoms with van der Waals surface area (Å²) in [6.07, 6.45) is -2.28. The summed E-state index contributed by atoms with van der Waals surface area (Å²) in [5.74, 6) is 0. The largest absolute Gasteiger partial charge is 0.388 e. The van der Waals surface area contributed by atoms with Crippen molar-refractivity contribution in [2.75, 3.05) is 13.7 Å². The number of aliphatic hydroxyl groups excluding tert-OH is 2. The van der Waals surface area contributed by atoms with Crippen LogP contribution in [0.2, 0.25) is 0 Å². The molecule has 4 nitrogen and oxygen atoms in total. The van der Waals surface area contributed by atoms with Crippen LogP contribution in [-0.4, -0.2) is 48.3 Å². The summed E-state index contributed by atoms with van der Waals surface area (Å²) in [4.78, 5) is 0. The molecule has 2 N–H and O–H groups in total. The fourth-order valence-electron chi connectivity index (χ4n) is 1.24. The molecule has 0 aromatic rings.